The zero-order chi connectivity index (χ0) is 19.2. The number of nitrogens with zero attached hydrogens (tertiary/aromatic N) is 4. The summed E-state index contributed by atoms with van der Waals surface area (Å²) in [6.07, 6.45) is 7.60. The van der Waals surface area contributed by atoms with Crippen LogP contribution in [0.4, 0.5) is 5.82 Å². The van der Waals surface area contributed by atoms with Crippen LogP contribution < -0.4 is 11.0 Å². The molecule has 4 bridgehead atoms. The third kappa shape index (κ3) is 2.07. The molecule has 7 aliphatic rings. The van der Waals surface area contributed by atoms with Gasteiger partial charge in [0.15, 0.2) is 5.82 Å². The lowest BCUT2D eigenvalue weighted by Crippen LogP contribution is -2.32. The molecule has 0 saturated heterocycles. The van der Waals surface area contributed by atoms with Gasteiger partial charge < -0.3 is 5.32 Å². The van der Waals surface area contributed by atoms with E-state index in [1.165, 1.54) is 32.1 Å². The maximum absolute atomic E-state index is 13.3. The number of rotatable bonds is 4. The Kier molecular flexibility index (Phi) is 3.41. The molecule has 28 heavy (non-hydrogen) atoms. The average molecular weight is 382 g/mol. The van der Waals surface area contributed by atoms with E-state index in [4.69, 9.17) is 9.97 Å². The highest BCUT2D eigenvalue weighted by atomic mass is 16.1. The van der Waals surface area contributed by atoms with Gasteiger partial charge in [0.25, 0.3) is 0 Å². The molecule has 0 aromatic carbocycles. The summed E-state index contributed by atoms with van der Waals surface area (Å²) in [6.45, 7) is 7.98. The summed E-state index contributed by atoms with van der Waals surface area (Å²) in [6, 6.07) is 0.282. The quantitative estimate of drug-likeness (QED) is 0.881. The highest BCUT2D eigenvalue weighted by Gasteiger charge is 2.60. The van der Waals surface area contributed by atoms with Crippen LogP contribution in [0.2, 0.25) is 0 Å². The molecule has 3 heterocycles. The van der Waals surface area contributed by atoms with Gasteiger partial charge in [-0.2, -0.15) is 0 Å². The van der Waals surface area contributed by atoms with Gasteiger partial charge in [0.05, 0.1) is 0 Å². The maximum Gasteiger partial charge on any atom is 0.331 e. The standard InChI is InChI=1S/C22H31N5O/c1-4-5-26-19-17(18-23-16(12(2)3)11-27(18)21(26)28)24-20(25-19)22-9-13-6-14(10-22)8-15(22)7-13/h12-16,23H,4-11H2,1-3H3/t13?,14?,15?,16-,22?/m1/s1. The van der Waals surface area contributed by atoms with E-state index in [2.05, 4.69) is 26.1 Å². The van der Waals surface area contributed by atoms with Crippen molar-refractivity contribution in [3.8, 4) is 11.5 Å². The molecule has 4 saturated carbocycles. The van der Waals surface area contributed by atoms with Gasteiger partial charge in [0.1, 0.15) is 17.3 Å². The van der Waals surface area contributed by atoms with Crippen LogP contribution in [0.5, 0.6) is 0 Å². The van der Waals surface area contributed by atoms with Crippen molar-refractivity contribution >= 4 is 5.82 Å². The second-order valence-electron chi connectivity index (χ2n) is 10.3. The smallest absolute Gasteiger partial charge is 0.331 e. The lowest BCUT2D eigenvalue weighted by Gasteiger charge is -2.30. The Morgan fingerprint density at radius 2 is 1.93 bits per heavy atom. The fourth-order valence-electron chi connectivity index (χ4n) is 7.06. The second-order valence-corrected chi connectivity index (χ2v) is 10.3. The van der Waals surface area contributed by atoms with Crippen molar-refractivity contribution < 1.29 is 0 Å². The van der Waals surface area contributed by atoms with Crippen molar-refractivity contribution in [2.45, 2.75) is 83.8 Å². The number of hydrogen-bond donors (Lipinski definition) is 1. The van der Waals surface area contributed by atoms with E-state index < -0.39 is 0 Å². The van der Waals surface area contributed by atoms with Crippen LogP contribution in [0.25, 0.3) is 11.5 Å². The van der Waals surface area contributed by atoms with Crippen LogP contribution in [0.1, 0.15) is 65.1 Å². The number of anilines is 1. The number of hydrogen-bond acceptors (Lipinski definition) is 4. The van der Waals surface area contributed by atoms with Crippen LogP contribution >= 0.6 is 0 Å². The number of imidazole rings is 1. The van der Waals surface area contributed by atoms with Crippen LogP contribution in [0, 0.1) is 23.7 Å². The summed E-state index contributed by atoms with van der Waals surface area (Å²) in [7, 11) is 0. The first-order valence-electron chi connectivity index (χ1n) is 11.3. The first-order valence-corrected chi connectivity index (χ1v) is 11.3. The molecular weight excluding hydrogens is 350 g/mol. The molecule has 0 aromatic rings. The monoisotopic (exact) mass is 381 g/mol. The fraction of sp³-hybridized carbons (Fsp3) is 0.773. The van der Waals surface area contributed by atoms with Crippen LogP contribution in [0.15, 0.2) is 4.79 Å². The summed E-state index contributed by atoms with van der Waals surface area (Å²) < 4.78 is 3.80. The molecule has 7 rings (SSSR count). The summed E-state index contributed by atoms with van der Waals surface area (Å²) in [5.74, 6) is 5.74. The Bertz CT molecular complexity index is 958. The molecular formula is C22H31N5O. The molecule has 6 heteroatoms. The highest BCUT2D eigenvalue weighted by molar-refractivity contribution is 5.70. The maximum atomic E-state index is 13.3. The van der Waals surface area contributed by atoms with E-state index in [0.29, 0.717) is 12.5 Å². The van der Waals surface area contributed by atoms with E-state index in [0.717, 1.165) is 53.9 Å². The van der Waals surface area contributed by atoms with Gasteiger partial charge >= 0.3 is 5.69 Å². The zero-order valence-corrected chi connectivity index (χ0v) is 17.2. The number of nitrogens with one attached hydrogen (secondary N) is 1. The van der Waals surface area contributed by atoms with Crippen molar-refractivity contribution in [3.05, 3.63) is 16.3 Å². The van der Waals surface area contributed by atoms with E-state index >= 15 is 0 Å². The molecule has 3 atom stereocenters. The van der Waals surface area contributed by atoms with Crippen molar-refractivity contribution in [2.24, 2.45) is 23.7 Å². The molecule has 150 valence electrons. The van der Waals surface area contributed by atoms with E-state index in [9.17, 15) is 4.79 Å². The Morgan fingerprint density at radius 1 is 1.18 bits per heavy atom. The summed E-state index contributed by atoms with van der Waals surface area (Å²) in [5, 5.41) is 3.61. The zero-order valence-electron chi connectivity index (χ0n) is 17.2. The minimum Gasteiger partial charge on any atom is -0.365 e. The lowest BCUT2D eigenvalue weighted by molar-refractivity contribution is 0.262. The minimum absolute atomic E-state index is 0.0705. The van der Waals surface area contributed by atoms with Gasteiger partial charge in [-0.1, -0.05) is 20.8 Å². The van der Waals surface area contributed by atoms with Crippen molar-refractivity contribution in [1.29, 1.82) is 0 Å². The van der Waals surface area contributed by atoms with Crippen LogP contribution in [-0.2, 0) is 18.5 Å². The lowest BCUT2D eigenvalue weighted by atomic mass is 9.75. The van der Waals surface area contributed by atoms with Gasteiger partial charge in [-0.25, -0.2) is 14.8 Å². The van der Waals surface area contributed by atoms with Gasteiger partial charge in [0.2, 0.25) is 0 Å². The first-order chi connectivity index (χ1) is 13.5. The number of fused-ring (bicyclic) bond motifs is 3. The summed E-state index contributed by atoms with van der Waals surface area (Å²) in [4.78, 5) is 23.6. The van der Waals surface area contributed by atoms with Gasteiger partial charge in [0, 0.05) is 24.5 Å². The predicted molar refractivity (Wildman–Crippen MR) is 109 cm³/mol. The number of aromatic nitrogens is 4. The van der Waals surface area contributed by atoms with Crippen molar-refractivity contribution in [2.75, 3.05) is 5.32 Å². The molecule has 4 fully saturated rings. The Morgan fingerprint density at radius 3 is 2.61 bits per heavy atom. The second kappa shape index (κ2) is 5.61. The van der Waals surface area contributed by atoms with Crippen molar-refractivity contribution in [3.63, 3.8) is 0 Å². The van der Waals surface area contributed by atoms with Crippen molar-refractivity contribution in [1.82, 2.24) is 19.1 Å². The molecule has 0 spiro atoms. The predicted octanol–water partition coefficient (Wildman–Crippen LogP) is 3.48. The molecule has 6 nitrogen and oxygen atoms in total. The third-order valence-corrected chi connectivity index (χ3v) is 8.24. The average Bonchev–Trinajstić information content (AvgIpc) is 3.38. The molecule has 4 aliphatic carbocycles. The van der Waals surface area contributed by atoms with Gasteiger partial charge in [-0.05, 0) is 62.2 Å². The summed E-state index contributed by atoms with van der Waals surface area (Å²) >= 11 is 0. The Balaban J connectivity index is 1.54. The molecule has 0 radical (unpaired) electrons. The van der Waals surface area contributed by atoms with Gasteiger partial charge in [-0.3, -0.25) is 9.13 Å². The Hall–Kier alpha value is -1.85. The first kappa shape index (κ1) is 17.0. The van der Waals surface area contributed by atoms with E-state index in [1.54, 1.807) is 0 Å². The normalized spacial score (nSPS) is 35.3. The summed E-state index contributed by atoms with van der Waals surface area (Å²) in [5.41, 5.74) is 1.18. The van der Waals surface area contributed by atoms with E-state index in [-0.39, 0.29) is 17.1 Å². The van der Waals surface area contributed by atoms with Crippen LogP contribution in [-0.4, -0.2) is 25.1 Å². The van der Waals surface area contributed by atoms with E-state index in [1.807, 2.05) is 9.13 Å². The largest absolute Gasteiger partial charge is 0.365 e. The third-order valence-electron chi connectivity index (χ3n) is 8.24. The topological polar surface area (TPSA) is 64.7 Å². The Labute approximate surface area is 166 Å². The molecule has 2 unspecified atom stereocenters. The van der Waals surface area contributed by atoms with Gasteiger partial charge in [-0.15, -0.1) is 0 Å². The SMILES string of the molecule is CCCn1c2nc(C34CC5CC(CC3C5)C4)nc-2c2n(c1=O)C[C@H](C(C)C)N2. The minimum atomic E-state index is 0.0705. The molecule has 0 aromatic heterocycles. The highest BCUT2D eigenvalue weighted by Crippen LogP contribution is 2.65. The molecule has 3 aliphatic heterocycles. The van der Waals surface area contributed by atoms with Crippen LogP contribution in [0.3, 0.4) is 0 Å². The molecule has 1 N–H and O–H groups in total. The fourth-order valence-corrected chi connectivity index (χ4v) is 7.06. The molecule has 0 amide bonds.